The maximum Gasteiger partial charge on any atom is 0.168 e. The minimum Gasteiger partial charge on any atom is -0.392 e. The van der Waals surface area contributed by atoms with Crippen LogP contribution in [0.4, 0.5) is 0 Å². The minimum absolute atomic E-state index is 0.163. The Balaban J connectivity index is 1.64. The summed E-state index contributed by atoms with van der Waals surface area (Å²) in [5, 5.41) is 10.3. The summed E-state index contributed by atoms with van der Waals surface area (Å²) in [5.41, 5.74) is 2.09. The third kappa shape index (κ3) is 5.46. The Morgan fingerprint density at radius 1 is 1.13 bits per heavy atom. The molecule has 0 aromatic carbocycles. The molecule has 2 unspecified atom stereocenters. The lowest BCUT2D eigenvalue weighted by Gasteiger charge is -2.31. The van der Waals surface area contributed by atoms with Gasteiger partial charge in [0, 0.05) is 11.5 Å². The van der Waals surface area contributed by atoms with Crippen LogP contribution in [0.25, 0.3) is 0 Å². The fraction of sp³-hybridized carbons (Fsp3) is 0.667. The summed E-state index contributed by atoms with van der Waals surface area (Å²) in [6, 6.07) is 0. The SMILES string of the molecule is C=CCCCCCCCCCC1C(=O)C2=C(CCC=C2)CC1O. The maximum absolute atomic E-state index is 12.6. The molecule has 2 nitrogen and oxygen atoms in total. The topological polar surface area (TPSA) is 37.3 Å². The largest absolute Gasteiger partial charge is 0.392 e. The molecule has 2 heteroatoms. The van der Waals surface area contributed by atoms with Crippen molar-refractivity contribution in [2.45, 2.75) is 83.2 Å². The van der Waals surface area contributed by atoms with Crippen LogP contribution in [-0.4, -0.2) is 17.0 Å². The predicted molar refractivity (Wildman–Crippen MR) is 96.3 cm³/mol. The van der Waals surface area contributed by atoms with Gasteiger partial charge in [-0.3, -0.25) is 4.79 Å². The molecule has 0 bridgehead atoms. The van der Waals surface area contributed by atoms with Gasteiger partial charge in [0.1, 0.15) is 0 Å². The van der Waals surface area contributed by atoms with Gasteiger partial charge in [0.05, 0.1) is 6.10 Å². The fourth-order valence-electron chi connectivity index (χ4n) is 3.81. The number of hydrogen-bond donors (Lipinski definition) is 1. The van der Waals surface area contributed by atoms with Crippen LogP contribution in [0.1, 0.15) is 77.0 Å². The Kier molecular flexibility index (Phi) is 7.81. The first-order valence-electron chi connectivity index (χ1n) is 9.45. The number of rotatable bonds is 10. The highest BCUT2D eigenvalue weighted by atomic mass is 16.3. The number of ketones is 1. The van der Waals surface area contributed by atoms with Gasteiger partial charge in [-0.1, -0.05) is 62.3 Å². The third-order valence-corrected chi connectivity index (χ3v) is 5.22. The molecule has 0 saturated heterocycles. The summed E-state index contributed by atoms with van der Waals surface area (Å²) in [7, 11) is 0. The van der Waals surface area contributed by atoms with Crippen molar-refractivity contribution < 1.29 is 9.90 Å². The average molecular weight is 316 g/mol. The summed E-state index contributed by atoms with van der Waals surface area (Å²) in [6.07, 6.45) is 18.9. The summed E-state index contributed by atoms with van der Waals surface area (Å²) in [6.45, 7) is 3.75. The van der Waals surface area contributed by atoms with Crippen LogP contribution in [0.2, 0.25) is 0 Å². The lowest BCUT2D eigenvalue weighted by Crippen LogP contribution is -2.34. The molecule has 0 aromatic heterocycles. The highest BCUT2D eigenvalue weighted by molar-refractivity contribution is 6.01. The Morgan fingerprint density at radius 2 is 1.83 bits per heavy atom. The molecular formula is C21H32O2. The predicted octanol–water partition coefficient (Wildman–Crippen LogP) is 5.28. The first-order valence-corrected chi connectivity index (χ1v) is 9.45. The summed E-state index contributed by atoms with van der Waals surface area (Å²) in [4.78, 5) is 12.6. The fourth-order valence-corrected chi connectivity index (χ4v) is 3.81. The summed E-state index contributed by atoms with van der Waals surface area (Å²) < 4.78 is 0. The summed E-state index contributed by atoms with van der Waals surface area (Å²) in [5.74, 6) is 0.0308. The van der Waals surface area contributed by atoms with Crippen molar-refractivity contribution in [1.82, 2.24) is 0 Å². The van der Waals surface area contributed by atoms with Crippen molar-refractivity contribution in [1.29, 1.82) is 0 Å². The van der Waals surface area contributed by atoms with E-state index in [9.17, 15) is 9.90 Å². The van der Waals surface area contributed by atoms with Crippen molar-refractivity contribution in [2.24, 2.45) is 5.92 Å². The first kappa shape index (κ1) is 18.2. The standard InChI is InChI=1S/C21H32O2/c1-2-3-4-5-6-7-8-9-10-15-19-20(22)16-17-13-11-12-14-18(17)21(19)23/h2,12,14,19-20,22H,1,3-11,13,15-16H2. The van der Waals surface area contributed by atoms with E-state index in [2.05, 4.69) is 12.7 Å². The van der Waals surface area contributed by atoms with Crippen molar-refractivity contribution in [3.8, 4) is 0 Å². The molecule has 128 valence electrons. The minimum atomic E-state index is -0.452. The smallest absolute Gasteiger partial charge is 0.168 e. The molecule has 0 fully saturated rings. The van der Waals surface area contributed by atoms with Crippen molar-refractivity contribution in [3.05, 3.63) is 36.0 Å². The number of unbranched alkanes of at least 4 members (excludes halogenated alkanes) is 7. The van der Waals surface area contributed by atoms with Gasteiger partial charge in [-0.25, -0.2) is 0 Å². The number of allylic oxidation sites excluding steroid dienone is 4. The van der Waals surface area contributed by atoms with Crippen molar-refractivity contribution in [2.75, 3.05) is 0 Å². The zero-order valence-corrected chi connectivity index (χ0v) is 14.4. The molecule has 2 atom stereocenters. The van der Waals surface area contributed by atoms with E-state index in [4.69, 9.17) is 0 Å². The second-order valence-corrected chi connectivity index (χ2v) is 7.04. The van der Waals surface area contributed by atoms with Crippen LogP contribution in [0.5, 0.6) is 0 Å². The van der Waals surface area contributed by atoms with Crippen LogP contribution in [-0.2, 0) is 4.79 Å². The van der Waals surface area contributed by atoms with Gasteiger partial charge in [-0.15, -0.1) is 6.58 Å². The number of aliphatic hydroxyl groups excluding tert-OH is 1. The van der Waals surface area contributed by atoms with E-state index in [0.29, 0.717) is 6.42 Å². The average Bonchev–Trinajstić information content (AvgIpc) is 2.56. The second-order valence-electron chi connectivity index (χ2n) is 7.04. The highest BCUT2D eigenvalue weighted by Crippen LogP contribution is 2.35. The van der Waals surface area contributed by atoms with Gasteiger partial charge >= 0.3 is 0 Å². The Bertz CT molecular complexity index is 458. The molecule has 2 aliphatic carbocycles. The van der Waals surface area contributed by atoms with Gasteiger partial charge in [-0.2, -0.15) is 0 Å². The quantitative estimate of drug-likeness (QED) is 0.440. The zero-order valence-electron chi connectivity index (χ0n) is 14.4. The molecule has 0 aliphatic heterocycles. The molecule has 1 N–H and O–H groups in total. The van der Waals surface area contributed by atoms with Gasteiger partial charge in [-0.05, 0) is 38.5 Å². The van der Waals surface area contributed by atoms with Crippen LogP contribution >= 0.6 is 0 Å². The first-order chi connectivity index (χ1) is 11.2. The van der Waals surface area contributed by atoms with Crippen LogP contribution in [0.3, 0.4) is 0 Å². The lowest BCUT2D eigenvalue weighted by atomic mass is 9.75. The lowest BCUT2D eigenvalue weighted by molar-refractivity contribution is -0.123. The van der Waals surface area contributed by atoms with E-state index < -0.39 is 6.10 Å². The van der Waals surface area contributed by atoms with Gasteiger partial charge in [0.2, 0.25) is 0 Å². The Labute approximate surface area is 141 Å². The molecule has 0 aromatic rings. The number of Topliss-reactive ketones (excluding diaryl/α,β-unsaturated/α-hetero) is 1. The van der Waals surface area contributed by atoms with Crippen molar-refractivity contribution >= 4 is 5.78 Å². The molecule has 0 saturated carbocycles. The number of hydrogen-bond acceptors (Lipinski definition) is 2. The second kappa shape index (κ2) is 9.87. The zero-order chi connectivity index (χ0) is 16.5. The van der Waals surface area contributed by atoms with Crippen LogP contribution < -0.4 is 0 Å². The van der Waals surface area contributed by atoms with Crippen LogP contribution in [0, 0.1) is 5.92 Å². The molecule has 23 heavy (non-hydrogen) atoms. The Hall–Kier alpha value is -1.15. The highest BCUT2D eigenvalue weighted by Gasteiger charge is 2.34. The van der Waals surface area contributed by atoms with E-state index in [1.54, 1.807) is 0 Å². The van der Waals surface area contributed by atoms with Gasteiger partial charge in [0.25, 0.3) is 0 Å². The molecule has 0 amide bonds. The van der Waals surface area contributed by atoms with Gasteiger partial charge in [0.15, 0.2) is 5.78 Å². The van der Waals surface area contributed by atoms with E-state index in [1.165, 1.54) is 44.1 Å². The third-order valence-electron chi connectivity index (χ3n) is 5.22. The maximum atomic E-state index is 12.6. The molecule has 0 heterocycles. The summed E-state index contributed by atoms with van der Waals surface area (Å²) >= 11 is 0. The normalized spacial score (nSPS) is 24.0. The van der Waals surface area contributed by atoms with Gasteiger partial charge < -0.3 is 5.11 Å². The molecule has 2 aliphatic rings. The molecule has 0 spiro atoms. The number of carbonyl (C=O) groups excluding carboxylic acids is 1. The van der Waals surface area contributed by atoms with E-state index in [0.717, 1.165) is 37.7 Å². The monoisotopic (exact) mass is 316 g/mol. The molecule has 2 rings (SSSR count). The van der Waals surface area contributed by atoms with E-state index >= 15 is 0 Å². The molecule has 0 radical (unpaired) electrons. The van der Waals surface area contributed by atoms with Crippen molar-refractivity contribution in [3.63, 3.8) is 0 Å². The van der Waals surface area contributed by atoms with E-state index in [1.807, 2.05) is 12.2 Å². The molecular weight excluding hydrogens is 284 g/mol. The van der Waals surface area contributed by atoms with Crippen LogP contribution in [0.15, 0.2) is 36.0 Å². The van der Waals surface area contributed by atoms with E-state index in [-0.39, 0.29) is 11.7 Å². The number of aliphatic hydroxyl groups is 1. The number of carbonyl (C=O) groups is 1. The Morgan fingerprint density at radius 3 is 2.57 bits per heavy atom.